The second-order valence-electron chi connectivity index (χ2n) is 5.15. The van der Waals surface area contributed by atoms with Crippen LogP contribution in [0.2, 0.25) is 0 Å². The van der Waals surface area contributed by atoms with E-state index in [1.807, 2.05) is 6.07 Å². The lowest BCUT2D eigenvalue weighted by molar-refractivity contribution is -0.191. The predicted molar refractivity (Wildman–Crippen MR) is 73.7 cm³/mol. The lowest BCUT2D eigenvalue weighted by Gasteiger charge is -2.50. The van der Waals surface area contributed by atoms with E-state index in [9.17, 15) is 14.4 Å². The van der Waals surface area contributed by atoms with Crippen LogP contribution in [0.1, 0.15) is 6.42 Å². The summed E-state index contributed by atoms with van der Waals surface area (Å²) in [7, 11) is 1.59. The lowest BCUT2D eigenvalue weighted by atomic mass is 10.2. The van der Waals surface area contributed by atoms with E-state index < -0.39 is 6.17 Å². The molecule has 0 bridgehead atoms. The first kappa shape index (κ1) is 16.2. The van der Waals surface area contributed by atoms with Crippen LogP contribution < -0.4 is 0 Å². The van der Waals surface area contributed by atoms with E-state index in [0.717, 1.165) is 0 Å². The minimum atomic E-state index is -0.549. The van der Waals surface area contributed by atoms with Crippen molar-refractivity contribution in [3.63, 3.8) is 0 Å². The maximum absolute atomic E-state index is 12.1. The van der Waals surface area contributed by atoms with Crippen molar-refractivity contribution in [2.24, 2.45) is 0 Å². The fourth-order valence-electron chi connectivity index (χ4n) is 2.72. The summed E-state index contributed by atoms with van der Waals surface area (Å²) in [5.41, 5.74) is 0. The zero-order valence-corrected chi connectivity index (χ0v) is 12.5. The third-order valence-corrected chi connectivity index (χ3v) is 3.81. The Kier molecular flexibility index (Phi) is 5.30. The summed E-state index contributed by atoms with van der Waals surface area (Å²) >= 11 is 0. The molecule has 0 radical (unpaired) electrons. The summed E-state index contributed by atoms with van der Waals surface area (Å²) < 4.78 is 4.97. The minimum Gasteiger partial charge on any atom is -0.385 e. The number of hydrogen-bond acceptors (Lipinski definition) is 6. The molecule has 9 heteroatoms. The Balaban J connectivity index is 2.12. The minimum absolute atomic E-state index is 0.0405. The fraction of sp³-hybridized carbons (Fsp3) is 0.692. The van der Waals surface area contributed by atoms with Gasteiger partial charge in [-0.2, -0.15) is 10.3 Å². The standard InChI is InChI=1S/C13H19N5O4/c1-22-6-2-4-15-7-11-17(9-12(15)20)13(21)8-16(5-3-14)18(11)10-19/h10-11H,2,4-9H2,1H3. The van der Waals surface area contributed by atoms with Crippen LogP contribution in [0.15, 0.2) is 0 Å². The molecular formula is C13H19N5O4. The summed E-state index contributed by atoms with van der Waals surface area (Å²) in [4.78, 5) is 38.6. The Hall–Kier alpha value is -2.18. The molecule has 2 aliphatic heterocycles. The van der Waals surface area contributed by atoms with E-state index in [0.29, 0.717) is 26.0 Å². The summed E-state index contributed by atoms with van der Waals surface area (Å²) in [5, 5.41) is 11.5. The highest BCUT2D eigenvalue weighted by molar-refractivity contribution is 5.88. The molecule has 9 nitrogen and oxygen atoms in total. The Morgan fingerprint density at radius 2 is 2.14 bits per heavy atom. The largest absolute Gasteiger partial charge is 0.385 e. The number of nitrogens with zero attached hydrogens (tertiary/aromatic N) is 5. The second-order valence-corrected chi connectivity index (χ2v) is 5.15. The van der Waals surface area contributed by atoms with Crippen molar-refractivity contribution in [2.45, 2.75) is 12.6 Å². The quantitative estimate of drug-likeness (QED) is 0.327. The summed E-state index contributed by atoms with van der Waals surface area (Å²) in [6.07, 6.45) is 0.739. The van der Waals surface area contributed by atoms with Crippen LogP contribution in [0.4, 0.5) is 0 Å². The average Bonchev–Trinajstić information content (AvgIpc) is 2.49. The topological polar surface area (TPSA) is 97.2 Å². The Labute approximate surface area is 128 Å². The number of nitriles is 1. The maximum Gasteiger partial charge on any atom is 0.242 e. The molecule has 0 spiro atoms. The summed E-state index contributed by atoms with van der Waals surface area (Å²) in [6.45, 7) is 1.13. The molecule has 22 heavy (non-hydrogen) atoms. The van der Waals surface area contributed by atoms with E-state index in [-0.39, 0.29) is 38.0 Å². The van der Waals surface area contributed by atoms with Crippen molar-refractivity contribution < 1.29 is 19.1 Å². The van der Waals surface area contributed by atoms with Gasteiger partial charge in [0, 0.05) is 20.3 Å². The normalized spacial score (nSPS) is 22.5. The van der Waals surface area contributed by atoms with Crippen molar-refractivity contribution in [1.82, 2.24) is 19.8 Å². The number of ether oxygens (including phenoxy) is 1. The van der Waals surface area contributed by atoms with Crippen LogP contribution in [0.5, 0.6) is 0 Å². The highest BCUT2D eigenvalue weighted by Gasteiger charge is 2.43. The molecule has 2 aliphatic rings. The van der Waals surface area contributed by atoms with Gasteiger partial charge in [-0.15, -0.1) is 0 Å². The molecule has 0 aromatic rings. The summed E-state index contributed by atoms with van der Waals surface area (Å²) in [6, 6.07) is 1.94. The molecule has 1 unspecified atom stereocenters. The van der Waals surface area contributed by atoms with E-state index in [2.05, 4.69) is 0 Å². The van der Waals surface area contributed by atoms with Crippen LogP contribution in [0, 0.1) is 11.3 Å². The molecule has 0 aliphatic carbocycles. The molecule has 0 aromatic heterocycles. The molecule has 0 saturated carbocycles. The fourth-order valence-corrected chi connectivity index (χ4v) is 2.72. The molecule has 1 atom stereocenters. The average molecular weight is 309 g/mol. The molecule has 0 N–H and O–H groups in total. The SMILES string of the molecule is COCCCN1CC2N(CC1=O)C(=O)CN(CC#N)N2C=O. The van der Waals surface area contributed by atoms with Crippen molar-refractivity contribution in [1.29, 1.82) is 5.26 Å². The van der Waals surface area contributed by atoms with Gasteiger partial charge < -0.3 is 14.5 Å². The molecule has 2 fully saturated rings. The molecule has 120 valence electrons. The van der Waals surface area contributed by atoms with Crippen molar-refractivity contribution in [2.75, 3.05) is 46.4 Å². The zero-order valence-electron chi connectivity index (χ0n) is 12.5. The van der Waals surface area contributed by atoms with Crippen LogP contribution >= 0.6 is 0 Å². The first-order valence-electron chi connectivity index (χ1n) is 7.04. The van der Waals surface area contributed by atoms with Gasteiger partial charge in [-0.05, 0) is 6.42 Å². The van der Waals surface area contributed by atoms with E-state index in [1.165, 1.54) is 14.9 Å². The lowest BCUT2D eigenvalue weighted by Crippen LogP contribution is -2.71. The van der Waals surface area contributed by atoms with E-state index in [1.54, 1.807) is 12.0 Å². The molecule has 3 amide bonds. The van der Waals surface area contributed by atoms with E-state index >= 15 is 0 Å². The van der Waals surface area contributed by atoms with Crippen molar-refractivity contribution in [3.8, 4) is 6.07 Å². The number of methoxy groups -OCH3 is 1. The Morgan fingerprint density at radius 3 is 2.77 bits per heavy atom. The third-order valence-electron chi connectivity index (χ3n) is 3.81. The van der Waals surface area contributed by atoms with Gasteiger partial charge >= 0.3 is 0 Å². The van der Waals surface area contributed by atoms with Gasteiger partial charge in [0.25, 0.3) is 0 Å². The molecular weight excluding hydrogens is 290 g/mol. The molecule has 2 heterocycles. The zero-order chi connectivity index (χ0) is 16.1. The molecule has 2 rings (SSSR count). The number of hydrazine groups is 1. The smallest absolute Gasteiger partial charge is 0.242 e. The van der Waals surface area contributed by atoms with Gasteiger partial charge in [-0.1, -0.05) is 0 Å². The monoisotopic (exact) mass is 309 g/mol. The van der Waals surface area contributed by atoms with Crippen molar-refractivity contribution in [3.05, 3.63) is 0 Å². The first-order chi connectivity index (χ1) is 10.6. The van der Waals surface area contributed by atoms with Gasteiger partial charge in [0.2, 0.25) is 18.2 Å². The first-order valence-corrected chi connectivity index (χ1v) is 7.04. The number of carbonyl (C=O) groups excluding carboxylic acids is 3. The predicted octanol–water partition coefficient (Wildman–Crippen LogP) is -1.77. The molecule has 0 aromatic carbocycles. The third kappa shape index (κ3) is 3.18. The highest BCUT2D eigenvalue weighted by Crippen LogP contribution is 2.20. The number of amides is 3. The number of fused-ring (bicyclic) bond motifs is 1. The number of piperazine rings is 1. The summed E-state index contributed by atoms with van der Waals surface area (Å²) in [5.74, 6) is -0.386. The van der Waals surface area contributed by atoms with Gasteiger partial charge in [0.15, 0.2) is 0 Å². The van der Waals surface area contributed by atoms with Gasteiger partial charge in [-0.25, -0.2) is 0 Å². The number of hydrogen-bond donors (Lipinski definition) is 0. The second kappa shape index (κ2) is 7.20. The number of carbonyl (C=O) groups is 3. The van der Waals surface area contributed by atoms with Gasteiger partial charge in [0.1, 0.15) is 19.3 Å². The van der Waals surface area contributed by atoms with Crippen LogP contribution in [-0.4, -0.2) is 90.6 Å². The van der Waals surface area contributed by atoms with Crippen molar-refractivity contribution >= 4 is 18.2 Å². The Bertz CT molecular complexity index is 491. The maximum atomic E-state index is 12.1. The van der Waals surface area contributed by atoms with E-state index in [4.69, 9.17) is 10.00 Å². The van der Waals surface area contributed by atoms with Crippen LogP contribution in [-0.2, 0) is 19.1 Å². The van der Waals surface area contributed by atoms with Gasteiger partial charge in [-0.3, -0.25) is 19.4 Å². The van der Waals surface area contributed by atoms with Crippen LogP contribution in [0.3, 0.4) is 0 Å². The number of rotatable bonds is 6. The highest BCUT2D eigenvalue weighted by atomic mass is 16.5. The van der Waals surface area contributed by atoms with Crippen LogP contribution in [0.25, 0.3) is 0 Å². The Morgan fingerprint density at radius 1 is 1.36 bits per heavy atom. The molecule has 2 saturated heterocycles. The van der Waals surface area contributed by atoms with Gasteiger partial charge in [0.05, 0.1) is 19.2 Å².